The van der Waals surface area contributed by atoms with Gasteiger partial charge in [0.05, 0.1) is 13.0 Å². The van der Waals surface area contributed by atoms with Gasteiger partial charge in [0, 0.05) is 64.8 Å². The first-order valence-electron chi connectivity index (χ1n) is 16.0. The zero-order valence-electron chi connectivity index (χ0n) is 29.6. The minimum Gasteiger partial charge on any atom is -0.493 e. The van der Waals surface area contributed by atoms with E-state index in [0.717, 1.165) is 33.8 Å². The lowest BCUT2D eigenvalue weighted by atomic mass is 9.87. The van der Waals surface area contributed by atoms with Crippen LogP contribution in [0.25, 0.3) is 0 Å². The van der Waals surface area contributed by atoms with E-state index in [0.29, 0.717) is 11.1 Å². The van der Waals surface area contributed by atoms with Crippen LogP contribution in [0.2, 0.25) is 0 Å². The van der Waals surface area contributed by atoms with E-state index in [1.807, 2.05) is 0 Å². The number of benzene rings is 3. The zero-order valence-corrected chi connectivity index (χ0v) is 29.6. The number of ether oxygens (including phenoxy) is 9. The SMILES string of the molecule is COc1cc([C@H]2Oc3c(OC(C)=O)cc([C@@H]4Oc5cc(OC(C)=O)cc(OC(C)=O)c5C(=O)[C@@H]4OC(C)=O)cc3[C@@H]2COC(C)=O)ccc1OC(C)=O. The van der Waals surface area contributed by atoms with Gasteiger partial charge in [0.25, 0.3) is 0 Å². The lowest BCUT2D eigenvalue weighted by Crippen LogP contribution is -2.40. The second-order valence-corrected chi connectivity index (χ2v) is 11.9. The number of rotatable bonds is 10. The molecule has 0 fully saturated rings. The molecule has 3 aromatic rings. The quantitative estimate of drug-likeness (QED) is 0.209. The lowest BCUT2D eigenvalue weighted by Gasteiger charge is -2.33. The molecule has 4 atom stereocenters. The molecular weight excluding hydrogens is 700 g/mol. The predicted molar refractivity (Wildman–Crippen MR) is 177 cm³/mol. The second-order valence-electron chi connectivity index (χ2n) is 11.9. The van der Waals surface area contributed by atoms with Gasteiger partial charge >= 0.3 is 35.8 Å². The molecule has 0 saturated carbocycles. The Bertz CT molecular complexity index is 2030. The number of Topliss-reactive ketones (excluding diaryl/α,β-unsaturated/α-hetero) is 1. The van der Waals surface area contributed by atoms with E-state index in [2.05, 4.69) is 0 Å². The molecule has 0 spiro atoms. The number of carbonyl (C=O) groups is 7. The van der Waals surface area contributed by atoms with E-state index in [1.165, 1.54) is 39.2 Å². The van der Waals surface area contributed by atoms with Crippen molar-refractivity contribution < 1.29 is 76.2 Å². The molecule has 0 aromatic heterocycles. The fourth-order valence-corrected chi connectivity index (χ4v) is 5.98. The van der Waals surface area contributed by atoms with Crippen molar-refractivity contribution >= 4 is 41.6 Å². The van der Waals surface area contributed by atoms with E-state index in [-0.39, 0.29) is 58.0 Å². The van der Waals surface area contributed by atoms with Crippen molar-refractivity contribution in [2.75, 3.05) is 13.7 Å². The van der Waals surface area contributed by atoms with Crippen LogP contribution in [-0.4, -0.2) is 61.4 Å². The average Bonchev–Trinajstić information content (AvgIpc) is 3.42. The first-order valence-corrected chi connectivity index (χ1v) is 16.0. The molecular formula is C37H34O16. The summed E-state index contributed by atoms with van der Waals surface area (Å²) in [7, 11) is 1.38. The summed E-state index contributed by atoms with van der Waals surface area (Å²) in [6.07, 6.45) is -3.99. The molecule has 0 saturated heterocycles. The van der Waals surface area contributed by atoms with Crippen molar-refractivity contribution in [3.8, 4) is 40.2 Å². The van der Waals surface area contributed by atoms with Crippen LogP contribution >= 0.6 is 0 Å². The van der Waals surface area contributed by atoms with Gasteiger partial charge in [0.15, 0.2) is 29.1 Å². The number of hydrogen-bond acceptors (Lipinski definition) is 16. The van der Waals surface area contributed by atoms with E-state index < -0.39 is 65.8 Å². The number of methoxy groups -OCH3 is 1. The number of ketones is 1. The maximum atomic E-state index is 14.1. The number of fused-ring (bicyclic) bond motifs is 2. The third kappa shape index (κ3) is 8.38. The zero-order chi connectivity index (χ0) is 38.7. The summed E-state index contributed by atoms with van der Waals surface area (Å²) < 4.78 is 50.3. The van der Waals surface area contributed by atoms with E-state index in [9.17, 15) is 33.6 Å². The van der Waals surface area contributed by atoms with E-state index in [4.69, 9.17) is 42.6 Å². The molecule has 0 radical (unpaired) electrons. The van der Waals surface area contributed by atoms with Gasteiger partial charge in [-0.2, -0.15) is 0 Å². The predicted octanol–water partition coefficient (Wildman–Crippen LogP) is 4.42. The highest BCUT2D eigenvalue weighted by Crippen LogP contribution is 2.54. The van der Waals surface area contributed by atoms with Crippen molar-refractivity contribution in [1.29, 1.82) is 0 Å². The Labute approximate surface area is 302 Å². The monoisotopic (exact) mass is 734 g/mol. The average molecular weight is 735 g/mol. The molecule has 53 heavy (non-hydrogen) atoms. The highest BCUT2D eigenvalue weighted by molar-refractivity contribution is 6.07. The van der Waals surface area contributed by atoms with Crippen LogP contribution < -0.4 is 33.2 Å². The molecule has 16 heteroatoms. The summed E-state index contributed by atoms with van der Waals surface area (Å²) in [5, 5.41) is 0. The molecule has 2 heterocycles. The molecule has 0 aliphatic carbocycles. The van der Waals surface area contributed by atoms with Gasteiger partial charge in [-0.25, -0.2) is 0 Å². The van der Waals surface area contributed by atoms with Gasteiger partial charge in [-0.05, 0) is 29.8 Å². The van der Waals surface area contributed by atoms with Crippen molar-refractivity contribution in [1.82, 2.24) is 0 Å². The van der Waals surface area contributed by atoms with Crippen LogP contribution in [0.5, 0.6) is 40.2 Å². The topological polar surface area (TPSA) is 203 Å². The maximum Gasteiger partial charge on any atom is 0.308 e. The summed E-state index contributed by atoms with van der Waals surface area (Å²) in [5.41, 5.74) is 0.734. The summed E-state index contributed by atoms with van der Waals surface area (Å²) in [4.78, 5) is 86.4. The van der Waals surface area contributed by atoms with Crippen molar-refractivity contribution in [2.45, 2.75) is 65.8 Å². The Morgan fingerprint density at radius 2 is 1.25 bits per heavy atom. The van der Waals surface area contributed by atoms with Gasteiger partial charge in [0.2, 0.25) is 11.9 Å². The standard InChI is InChI=1S/C37H34O16/c1-16(38)46-15-26-25-10-23(12-31(50-20(5)42)36(25)53-34(26)22-8-9-27(48-18(3)40)28(11-22)45-7)35-37(51-21(6)43)33(44)32-29(49-19(4)41)13-24(47-17(2)39)14-30(32)52-35/h8-14,26,34-35,37H,15H2,1-7H3/t26-,34+,35-,37-/m0/s1. The number of carbonyl (C=O) groups excluding carboxylic acids is 7. The minimum atomic E-state index is -1.67. The van der Waals surface area contributed by atoms with Crippen molar-refractivity contribution in [3.63, 3.8) is 0 Å². The molecule has 16 nitrogen and oxygen atoms in total. The molecule has 2 aliphatic heterocycles. The fourth-order valence-electron chi connectivity index (χ4n) is 5.98. The first-order chi connectivity index (χ1) is 25.1. The van der Waals surface area contributed by atoms with E-state index >= 15 is 0 Å². The summed E-state index contributed by atoms with van der Waals surface area (Å²) in [6.45, 7) is 6.70. The fraction of sp³-hybridized carbons (Fsp3) is 0.324. The molecule has 278 valence electrons. The summed E-state index contributed by atoms with van der Waals surface area (Å²) in [5.74, 6) is -6.17. The van der Waals surface area contributed by atoms with Gasteiger partial charge in [-0.15, -0.1) is 0 Å². The minimum absolute atomic E-state index is 0.0926. The lowest BCUT2D eigenvalue weighted by molar-refractivity contribution is -0.149. The molecule has 3 aromatic carbocycles. The highest BCUT2D eigenvalue weighted by atomic mass is 16.6. The molecule has 0 bridgehead atoms. The molecule has 5 rings (SSSR count). The Kier molecular flexibility index (Phi) is 11.0. The molecule has 0 N–H and O–H groups in total. The third-order valence-corrected chi connectivity index (χ3v) is 7.82. The van der Waals surface area contributed by atoms with Crippen LogP contribution in [0.4, 0.5) is 0 Å². The Morgan fingerprint density at radius 1 is 0.623 bits per heavy atom. The van der Waals surface area contributed by atoms with Crippen LogP contribution in [-0.2, 0) is 38.2 Å². The van der Waals surface area contributed by atoms with Crippen LogP contribution in [0.3, 0.4) is 0 Å². The first kappa shape index (κ1) is 37.8. The highest BCUT2D eigenvalue weighted by Gasteiger charge is 2.46. The molecule has 0 unspecified atom stereocenters. The van der Waals surface area contributed by atoms with Crippen molar-refractivity contribution in [3.05, 3.63) is 64.7 Å². The van der Waals surface area contributed by atoms with Crippen molar-refractivity contribution in [2.24, 2.45) is 0 Å². The van der Waals surface area contributed by atoms with Gasteiger partial charge < -0.3 is 42.6 Å². The number of hydrogen-bond donors (Lipinski definition) is 0. The Balaban J connectivity index is 1.68. The van der Waals surface area contributed by atoms with E-state index in [1.54, 1.807) is 18.2 Å². The largest absolute Gasteiger partial charge is 0.493 e. The van der Waals surface area contributed by atoms with Gasteiger partial charge in [-0.1, -0.05) is 6.07 Å². The van der Waals surface area contributed by atoms with Crippen LogP contribution in [0, 0.1) is 0 Å². The number of esters is 6. The maximum absolute atomic E-state index is 14.1. The summed E-state index contributed by atoms with van der Waals surface area (Å²) >= 11 is 0. The third-order valence-electron chi connectivity index (χ3n) is 7.82. The van der Waals surface area contributed by atoms with Gasteiger partial charge in [0.1, 0.15) is 35.5 Å². The smallest absolute Gasteiger partial charge is 0.308 e. The normalized spacial score (nSPS) is 18.2. The van der Waals surface area contributed by atoms with Crippen LogP contribution in [0.1, 0.15) is 86.7 Å². The Hall–Kier alpha value is -6.45. The van der Waals surface area contributed by atoms with Gasteiger partial charge in [-0.3, -0.25) is 33.6 Å². The second kappa shape index (κ2) is 15.4. The summed E-state index contributed by atoms with van der Waals surface area (Å²) in [6, 6.07) is 9.98. The molecule has 0 amide bonds. The van der Waals surface area contributed by atoms with Crippen LogP contribution in [0.15, 0.2) is 42.5 Å². The molecule has 2 aliphatic rings. The Morgan fingerprint density at radius 3 is 1.85 bits per heavy atom.